The summed E-state index contributed by atoms with van der Waals surface area (Å²) in [5.41, 5.74) is 1.53. The van der Waals surface area contributed by atoms with E-state index in [-0.39, 0.29) is 30.5 Å². The van der Waals surface area contributed by atoms with Crippen LogP contribution in [0.4, 0.5) is 5.69 Å². The van der Waals surface area contributed by atoms with E-state index >= 15 is 0 Å². The summed E-state index contributed by atoms with van der Waals surface area (Å²) in [7, 11) is 0. The van der Waals surface area contributed by atoms with Gasteiger partial charge >= 0.3 is 5.97 Å². The van der Waals surface area contributed by atoms with Crippen molar-refractivity contribution in [1.29, 1.82) is 0 Å². The SMILES string of the molecule is CCCCCNc1ccc(C(=O)OCC2O[C@H](O)C(C)[C@@H](C)[C@@H]2C)cc1. The highest BCUT2D eigenvalue weighted by atomic mass is 16.6. The smallest absolute Gasteiger partial charge is 0.338 e. The maximum atomic E-state index is 12.3. The molecule has 1 saturated heterocycles. The number of nitrogens with one attached hydrogen (secondary N) is 1. The number of hydrogen-bond donors (Lipinski definition) is 2. The fourth-order valence-electron chi connectivity index (χ4n) is 3.27. The Morgan fingerprint density at radius 3 is 2.46 bits per heavy atom. The van der Waals surface area contributed by atoms with E-state index in [1.807, 2.05) is 19.1 Å². The van der Waals surface area contributed by atoms with Crippen LogP contribution >= 0.6 is 0 Å². The highest BCUT2D eigenvalue weighted by Crippen LogP contribution is 2.34. The Labute approximate surface area is 157 Å². The Morgan fingerprint density at radius 2 is 1.81 bits per heavy atom. The molecule has 5 atom stereocenters. The van der Waals surface area contributed by atoms with Crippen molar-refractivity contribution < 1.29 is 19.4 Å². The summed E-state index contributed by atoms with van der Waals surface area (Å²) >= 11 is 0. The number of esters is 1. The van der Waals surface area contributed by atoms with E-state index in [9.17, 15) is 9.90 Å². The van der Waals surface area contributed by atoms with Gasteiger partial charge in [-0.15, -0.1) is 0 Å². The average Bonchev–Trinajstić information content (AvgIpc) is 2.65. The van der Waals surface area contributed by atoms with Crippen LogP contribution in [0.3, 0.4) is 0 Å². The lowest BCUT2D eigenvalue weighted by Crippen LogP contribution is -2.46. The monoisotopic (exact) mass is 363 g/mol. The third-order valence-electron chi connectivity index (χ3n) is 5.62. The van der Waals surface area contributed by atoms with Gasteiger partial charge in [-0.2, -0.15) is 0 Å². The minimum Gasteiger partial charge on any atom is -0.459 e. The van der Waals surface area contributed by atoms with Gasteiger partial charge in [0.2, 0.25) is 0 Å². The van der Waals surface area contributed by atoms with Crippen LogP contribution in [-0.4, -0.2) is 36.6 Å². The fourth-order valence-corrected chi connectivity index (χ4v) is 3.27. The number of anilines is 1. The normalized spacial score (nSPS) is 28.6. The van der Waals surface area contributed by atoms with Crippen molar-refractivity contribution in [3.8, 4) is 0 Å². The predicted molar refractivity (Wildman–Crippen MR) is 103 cm³/mol. The van der Waals surface area contributed by atoms with Gasteiger partial charge in [-0.25, -0.2) is 4.79 Å². The molecular formula is C21H33NO4. The van der Waals surface area contributed by atoms with Crippen LogP contribution in [0.15, 0.2) is 24.3 Å². The minimum absolute atomic E-state index is 0.0781. The summed E-state index contributed by atoms with van der Waals surface area (Å²) in [6.45, 7) is 9.43. The summed E-state index contributed by atoms with van der Waals surface area (Å²) in [5.74, 6) is 0.241. The zero-order valence-electron chi connectivity index (χ0n) is 16.4. The first-order valence-corrected chi connectivity index (χ1v) is 9.78. The van der Waals surface area contributed by atoms with Gasteiger partial charge in [0, 0.05) is 18.2 Å². The van der Waals surface area contributed by atoms with Crippen LogP contribution in [0, 0.1) is 17.8 Å². The number of unbranched alkanes of at least 4 members (excludes halogenated alkanes) is 2. The van der Waals surface area contributed by atoms with Gasteiger partial charge in [-0.1, -0.05) is 40.5 Å². The Hall–Kier alpha value is -1.59. The summed E-state index contributed by atoms with van der Waals surface area (Å²) in [4.78, 5) is 12.3. The van der Waals surface area contributed by atoms with Gasteiger partial charge in [-0.05, 0) is 42.5 Å². The largest absolute Gasteiger partial charge is 0.459 e. The van der Waals surface area contributed by atoms with Crippen LogP contribution in [-0.2, 0) is 9.47 Å². The highest BCUT2D eigenvalue weighted by molar-refractivity contribution is 5.89. The fraction of sp³-hybridized carbons (Fsp3) is 0.667. The number of benzene rings is 1. The molecule has 1 heterocycles. The second-order valence-electron chi connectivity index (χ2n) is 7.45. The van der Waals surface area contributed by atoms with E-state index in [1.165, 1.54) is 12.8 Å². The third kappa shape index (κ3) is 5.45. The van der Waals surface area contributed by atoms with E-state index in [1.54, 1.807) is 12.1 Å². The van der Waals surface area contributed by atoms with Crippen molar-refractivity contribution in [2.45, 2.75) is 59.4 Å². The van der Waals surface area contributed by atoms with E-state index in [0.29, 0.717) is 11.5 Å². The molecule has 1 aliphatic rings. The molecule has 0 bridgehead atoms. The molecule has 5 heteroatoms. The Bertz CT molecular complexity index is 560. The number of aliphatic hydroxyl groups excluding tert-OH is 1. The van der Waals surface area contributed by atoms with Crippen molar-refractivity contribution in [2.75, 3.05) is 18.5 Å². The summed E-state index contributed by atoms with van der Waals surface area (Å²) in [5, 5.41) is 13.3. The lowest BCUT2D eigenvalue weighted by Gasteiger charge is -2.41. The van der Waals surface area contributed by atoms with Gasteiger partial charge < -0.3 is 19.9 Å². The van der Waals surface area contributed by atoms with Crippen LogP contribution < -0.4 is 5.32 Å². The van der Waals surface area contributed by atoms with Gasteiger partial charge in [0.1, 0.15) is 6.61 Å². The Kier molecular flexibility index (Phi) is 7.91. The molecule has 146 valence electrons. The minimum atomic E-state index is -0.803. The molecule has 26 heavy (non-hydrogen) atoms. The summed E-state index contributed by atoms with van der Waals surface area (Å²) in [6.07, 6.45) is 2.47. The van der Waals surface area contributed by atoms with Crippen molar-refractivity contribution in [1.82, 2.24) is 0 Å². The summed E-state index contributed by atoms with van der Waals surface area (Å²) in [6, 6.07) is 7.34. The standard InChI is InChI=1S/C21H33NO4/c1-5-6-7-12-22-18-10-8-17(9-11-18)21(24)25-13-19-15(3)14(2)16(4)20(23)26-19/h8-11,14-16,19-20,22-23H,5-7,12-13H2,1-4H3/t14-,15-,16?,19?,20-/m0/s1. The lowest BCUT2D eigenvalue weighted by molar-refractivity contribution is -0.232. The molecule has 1 aromatic carbocycles. The van der Waals surface area contributed by atoms with Gasteiger partial charge in [0.15, 0.2) is 6.29 Å². The number of carbonyl (C=O) groups is 1. The molecule has 2 rings (SSSR count). The molecule has 0 spiro atoms. The average molecular weight is 363 g/mol. The first kappa shape index (κ1) is 20.7. The molecule has 5 nitrogen and oxygen atoms in total. The van der Waals surface area contributed by atoms with E-state index in [0.717, 1.165) is 18.7 Å². The van der Waals surface area contributed by atoms with Crippen molar-refractivity contribution in [2.24, 2.45) is 17.8 Å². The molecule has 1 fully saturated rings. The van der Waals surface area contributed by atoms with Crippen molar-refractivity contribution in [3.63, 3.8) is 0 Å². The van der Waals surface area contributed by atoms with Gasteiger partial charge in [-0.3, -0.25) is 0 Å². The molecule has 0 saturated carbocycles. The van der Waals surface area contributed by atoms with E-state index < -0.39 is 6.29 Å². The van der Waals surface area contributed by atoms with Gasteiger partial charge in [0.25, 0.3) is 0 Å². The Morgan fingerprint density at radius 1 is 1.12 bits per heavy atom. The zero-order valence-corrected chi connectivity index (χ0v) is 16.4. The molecular weight excluding hydrogens is 330 g/mol. The lowest BCUT2D eigenvalue weighted by atomic mass is 9.79. The van der Waals surface area contributed by atoms with Crippen LogP contribution in [0.2, 0.25) is 0 Å². The number of aliphatic hydroxyl groups is 1. The molecule has 0 amide bonds. The second kappa shape index (κ2) is 9.93. The van der Waals surface area contributed by atoms with Crippen molar-refractivity contribution >= 4 is 11.7 Å². The third-order valence-corrected chi connectivity index (χ3v) is 5.62. The molecule has 2 unspecified atom stereocenters. The molecule has 0 radical (unpaired) electrons. The van der Waals surface area contributed by atoms with Crippen molar-refractivity contribution in [3.05, 3.63) is 29.8 Å². The maximum Gasteiger partial charge on any atom is 0.338 e. The molecule has 1 aliphatic heterocycles. The molecule has 1 aromatic rings. The van der Waals surface area contributed by atoms with Crippen LogP contribution in [0.1, 0.15) is 57.3 Å². The molecule has 0 aliphatic carbocycles. The van der Waals surface area contributed by atoms with Crippen LogP contribution in [0.5, 0.6) is 0 Å². The molecule has 0 aromatic heterocycles. The zero-order chi connectivity index (χ0) is 19.1. The number of carbonyl (C=O) groups excluding carboxylic acids is 1. The number of ether oxygens (including phenoxy) is 2. The molecule has 2 N–H and O–H groups in total. The Balaban J connectivity index is 1.82. The first-order chi connectivity index (χ1) is 12.4. The quantitative estimate of drug-likeness (QED) is 0.538. The number of rotatable bonds is 8. The second-order valence-corrected chi connectivity index (χ2v) is 7.45. The topological polar surface area (TPSA) is 67.8 Å². The maximum absolute atomic E-state index is 12.3. The predicted octanol–water partition coefficient (Wildman–Crippen LogP) is 4.07. The van der Waals surface area contributed by atoms with Gasteiger partial charge in [0.05, 0.1) is 11.7 Å². The van der Waals surface area contributed by atoms with E-state index in [4.69, 9.17) is 9.47 Å². The van der Waals surface area contributed by atoms with E-state index in [2.05, 4.69) is 26.1 Å². The summed E-state index contributed by atoms with van der Waals surface area (Å²) < 4.78 is 11.0. The first-order valence-electron chi connectivity index (χ1n) is 9.78. The highest BCUT2D eigenvalue weighted by Gasteiger charge is 2.38. The number of hydrogen-bond acceptors (Lipinski definition) is 5. The van der Waals surface area contributed by atoms with Crippen LogP contribution in [0.25, 0.3) is 0 Å².